The van der Waals surface area contributed by atoms with E-state index in [-0.39, 0.29) is 12.5 Å². The van der Waals surface area contributed by atoms with Crippen molar-refractivity contribution in [1.29, 1.82) is 0 Å². The predicted octanol–water partition coefficient (Wildman–Crippen LogP) is 2.61. The number of amides is 1. The van der Waals surface area contributed by atoms with E-state index in [9.17, 15) is 4.79 Å². The first-order valence-electron chi connectivity index (χ1n) is 11.1. The Morgan fingerprint density at radius 3 is 2.24 bits per heavy atom. The molecular formula is C23H37N5O. The van der Waals surface area contributed by atoms with E-state index < -0.39 is 0 Å². The largest absolute Gasteiger partial charge is 0.354 e. The molecule has 6 heteroatoms. The Kier molecular flexibility index (Phi) is 8.35. The molecule has 1 saturated carbocycles. The van der Waals surface area contributed by atoms with E-state index in [2.05, 4.69) is 50.9 Å². The Bertz CT molecular complexity index is 646. The second kappa shape index (κ2) is 11.2. The van der Waals surface area contributed by atoms with Gasteiger partial charge in [-0.25, -0.2) is 4.99 Å². The van der Waals surface area contributed by atoms with Crippen LogP contribution in [0.3, 0.4) is 0 Å². The fourth-order valence-electron chi connectivity index (χ4n) is 4.13. The van der Waals surface area contributed by atoms with Gasteiger partial charge in [-0.1, -0.05) is 49.6 Å². The molecule has 1 aliphatic heterocycles. The second-order valence-corrected chi connectivity index (χ2v) is 8.61. The number of benzene rings is 1. The van der Waals surface area contributed by atoms with Crippen LogP contribution >= 0.6 is 0 Å². The lowest BCUT2D eigenvalue weighted by Crippen LogP contribution is -2.51. The number of carbonyl (C=O) groups excluding carboxylic acids is 1. The van der Waals surface area contributed by atoms with Crippen LogP contribution in [0.1, 0.15) is 50.5 Å². The number of aliphatic imine (C=N–C) groups is 1. The molecule has 1 saturated heterocycles. The minimum Gasteiger partial charge on any atom is -0.354 e. The van der Waals surface area contributed by atoms with Gasteiger partial charge in [0.25, 0.3) is 0 Å². The fraction of sp³-hybridized carbons (Fsp3) is 0.652. The third kappa shape index (κ3) is 7.35. The molecular weight excluding hydrogens is 362 g/mol. The van der Waals surface area contributed by atoms with Crippen molar-refractivity contribution in [3.05, 3.63) is 35.9 Å². The average Bonchev–Trinajstić information content (AvgIpc) is 2.74. The third-order valence-corrected chi connectivity index (χ3v) is 5.99. The van der Waals surface area contributed by atoms with Gasteiger partial charge in [-0.3, -0.25) is 9.69 Å². The Morgan fingerprint density at radius 2 is 1.62 bits per heavy atom. The molecule has 160 valence electrons. The lowest BCUT2D eigenvalue weighted by molar-refractivity contribution is -0.127. The summed E-state index contributed by atoms with van der Waals surface area (Å²) in [5, 5.41) is 7.23. The van der Waals surface area contributed by atoms with Crippen LogP contribution in [-0.4, -0.2) is 67.5 Å². The van der Waals surface area contributed by atoms with Gasteiger partial charge < -0.3 is 15.5 Å². The van der Waals surface area contributed by atoms with Crippen LogP contribution in [0.25, 0.3) is 0 Å². The van der Waals surface area contributed by atoms with Crippen LogP contribution in [0.15, 0.2) is 35.3 Å². The van der Waals surface area contributed by atoms with E-state index in [0.29, 0.717) is 12.1 Å². The Balaban J connectivity index is 1.51. The highest BCUT2D eigenvalue weighted by atomic mass is 16.2. The lowest BCUT2D eigenvalue weighted by Gasteiger charge is -2.34. The third-order valence-electron chi connectivity index (χ3n) is 5.99. The molecule has 0 unspecified atom stereocenters. The van der Waals surface area contributed by atoms with Gasteiger partial charge in [0.1, 0.15) is 6.54 Å². The van der Waals surface area contributed by atoms with Gasteiger partial charge in [-0.15, -0.1) is 0 Å². The van der Waals surface area contributed by atoms with Crippen molar-refractivity contribution in [2.75, 3.05) is 33.7 Å². The molecule has 1 aromatic carbocycles. The zero-order valence-electron chi connectivity index (χ0n) is 18.1. The van der Waals surface area contributed by atoms with Gasteiger partial charge in [-0.05, 0) is 31.2 Å². The highest BCUT2D eigenvalue weighted by Crippen LogP contribution is 2.18. The van der Waals surface area contributed by atoms with E-state index in [4.69, 9.17) is 0 Å². The number of guanidine groups is 1. The normalized spacial score (nSPS) is 19.7. The standard InChI is InChI=1S/C23H37N5O/c1-27(2)22(29)17-24-23(25-20-11-7-4-8-12-20)26-21-13-15-28(16-14-21)18-19-9-5-3-6-10-19/h3,5-6,9-10,20-21H,4,7-8,11-18H2,1-2H3,(H2,24,25,26). The topological polar surface area (TPSA) is 60.0 Å². The number of likely N-dealkylation sites (tertiary alicyclic amines) is 1. The monoisotopic (exact) mass is 399 g/mol. The predicted molar refractivity (Wildman–Crippen MR) is 119 cm³/mol. The molecule has 0 radical (unpaired) electrons. The Labute approximate surface area is 175 Å². The van der Waals surface area contributed by atoms with Crippen molar-refractivity contribution >= 4 is 11.9 Å². The molecule has 0 spiro atoms. The molecule has 6 nitrogen and oxygen atoms in total. The van der Waals surface area contributed by atoms with E-state index in [1.807, 2.05) is 0 Å². The van der Waals surface area contributed by atoms with Crippen molar-refractivity contribution in [1.82, 2.24) is 20.4 Å². The number of carbonyl (C=O) groups is 1. The zero-order valence-corrected chi connectivity index (χ0v) is 18.1. The number of rotatable bonds is 6. The summed E-state index contributed by atoms with van der Waals surface area (Å²) in [7, 11) is 3.56. The molecule has 3 rings (SSSR count). The van der Waals surface area contributed by atoms with E-state index in [1.54, 1.807) is 19.0 Å². The summed E-state index contributed by atoms with van der Waals surface area (Å²) in [6, 6.07) is 11.6. The molecule has 29 heavy (non-hydrogen) atoms. The van der Waals surface area contributed by atoms with Gasteiger partial charge in [0.15, 0.2) is 5.96 Å². The van der Waals surface area contributed by atoms with Crippen LogP contribution < -0.4 is 10.6 Å². The highest BCUT2D eigenvalue weighted by molar-refractivity contribution is 5.85. The first-order valence-corrected chi connectivity index (χ1v) is 11.1. The van der Waals surface area contributed by atoms with E-state index in [1.165, 1.54) is 37.7 Å². The van der Waals surface area contributed by atoms with Crippen molar-refractivity contribution in [3.8, 4) is 0 Å². The summed E-state index contributed by atoms with van der Waals surface area (Å²) in [4.78, 5) is 20.7. The number of piperidine rings is 1. The second-order valence-electron chi connectivity index (χ2n) is 8.61. The molecule has 2 fully saturated rings. The molecule has 2 N–H and O–H groups in total. The zero-order chi connectivity index (χ0) is 20.5. The van der Waals surface area contributed by atoms with Gasteiger partial charge in [0, 0.05) is 45.8 Å². The molecule has 0 atom stereocenters. The van der Waals surface area contributed by atoms with E-state index in [0.717, 1.165) is 38.4 Å². The van der Waals surface area contributed by atoms with Crippen LogP contribution in [0.4, 0.5) is 0 Å². The summed E-state index contributed by atoms with van der Waals surface area (Å²) in [6.07, 6.45) is 8.46. The molecule has 2 aliphatic rings. The SMILES string of the molecule is CN(C)C(=O)CN=C(NC1CCCCC1)NC1CCN(Cc2ccccc2)CC1. The minimum atomic E-state index is 0.0347. The van der Waals surface area contributed by atoms with Crippen molar-refractivity contribution < 1.29 is 4.79 Å². The first kappa shape index (κ1) is 21.6. The van der Waals surface area contributed by atoms with Crippen LogP contribution in [0.2, 0.25) is 0 Å². The van der Waals surface area contributed by atoms with Gasteiger partial charge in [0.2, 0.25) is 5.91 Å². The molecule has 1 heterocycles. The lowest BCUT2D eigenvalue weighted by atomic mass is 9.95. The number of hydrogen-bond acceptors (Lipinski definition) is 3. The Morgan fingerprint density at radius 1 is 1.00 bits per heavy atom. The summed E-state index contributed by atoms with van der Waals surface area (Å²) in [6.45, 7) is 3.38. The number of likely N-dealkylation sites (N-methyl/N-ethyl adjacent to an activating group) is 1. The Hall–Kier alpha value is -2.08. The average molecular weight is 400 g/mol. The highest BCUT2D eigenvalue weighted by Gasteiger charge is 2.22. The number of hydrogen-bond donors (Lipinski definition) is 2. The maximum absolute atomic E-state index is 12.0. The maximum atomic E-state index is 12.0. The van der Waals surface area contributed by atoms with E-state index >= 15 is 0 Å². The van der Waals surface area contributed by atoms with Gasteiger partial charge in [-0.2, -0.15) is 0 Å². The molecule has 0 bridgehead atoms. The number of nitrogens with one attached hydrogen (secondary N) is 2. The first-order chi connectivity index (χ1) is 14.1. The van der Waals surface area contributed by atoms with Crippen molar-refractivity contribution in [3.63, 3.8) is 0 Å². The fourth-order valence-corrected chi connectivity index (χ4v) is 4.13. The van der Waals surface area contributed by atoms with Crippen molar-refractivity contribution in [2.24, 2.45) is 4.99 Å². The van der Waals surface area contributed by atoms with Crippen LogP contribution in [-0.2, 0) is 11.3 Å². The summed E-state index contributed by atoms with van der Waals surface area (Å²) in [5.74, 6) is 0.848. The summed E-state index contributed by atoms with van der Waals surface area (Å²) in [5.41, 5.74) is 1.38. The molecule has 1 aromatic rings. The molecule has 0 aromatic heterocycles. The van der Waals surface area contributed by atoms with Crippen LogP contribution in [0, 0.1) is 0 Å². The summed E-state index contributed by atoms with van der Waals surface area (Å²) >= 11 is 0. The van der Waals surface area contributed by atoms with Gasteiger partial charge >= 0.3 is 0 Å². The molecule has 1 aliphatic carbocycles. The maximum Gasteiger partial charge on any atom is 0.243 e. The van der Waals surface area contributed by atoms with Gasteiger partial charge in [0.05, 0.1) is 0 Å². The van der Waals surface area contributed by atoms with Crippen LogP contribution in [0.5, 0.6) is 0 Å². The smallest absolute Gasteiger partial charge is 0.243 e. The number of nitrogens with zero attached hydrogens (tertiary/aromatic N) is 3. The van der Waals surface area contributed by atoms with Crippen molar-refractivity contribution in [2.45, 2.75) is 63.6 Å². The quantitative estimate of drug-likeness (QED) is 0.570. The molecule has 1 amide bonds. The minimum absolute atomic E-state index is 0.0347. The summed E-state index contributed by atoms with van der Waals surface area (Å²) < 4.78 is 0.